The number of carbonyl (C=O) groups excluding carboxylic acids is 3. The molecule has 28 heavy (non-hydrogen) atoms. The summed E-state index contributed by atoms with van der Waals surface area (Å²) in [7, 11) is 0. The minimum absolute atomic E-state index is 0.107. The van der Waals surface area contributed by atoms with Crippen molar-refractivity contribution in [1.82, 2.24) is 0 Å². The maximum Gasteiger partial charge on any atom is 0.255 e. The predicted octanol–water partition coefficient (Wildman–Crippen LogP) is 3.56. The molecule has 1 saturated heterocycles. The smallest absolute Gasteiger partial charge is 0.255 e. The van der Waals surface area contributed by atoms with Crippen LogP contribution in [-0.2, 0) is 9.59 Å². The molecule has 4 atom stereocenters. The molecule has 3 amide bonds. The molecular formula is C23H20N2O3. The predicted molar refractivity (Wildman–Crippen MR) is 106 cm³/mol. The van der Waals surface area contributed by atoms with Crippen molar-refractivity contribution >= 4 is 29.1 Å². The first-order valence-electron chi connectivity index (χ1n) is 9.58. The van der Waals surface area contributed by atoms with Gasteiger partial charge in [-0.2, -0.15) is 0 Å². The van der Waals surface area contributed by atoms with E-state index in [1.54, 1.807) is 24.3 Å². The van der Waals surface area contributed by atoms with Crippen LogP contribution in [0, 0.1) is 30.6 Å². The SMILES string of the molecule is Cc1ccccc1NC(=O)c1ccc(N2C(=O)[C@@H]3[C@H](C2=O)[C@H]2C=C[C@@H]3C2)cc1. The summed E-state index contributed by atoms with van der Waals surface area (Å²) in [5.41, 5.74) is 2.76. The summed E-state index contributed by atoms with van der Waals surface area (Å²) in [6.45, 7) is 1.93. The van der Waals surface area contributed by atoms with Gasteiger partial charge in [0.15, 0.2) is 0 Å². The monoisotopic (exact) mass is 372 g/mol. The highest BCUT2D eigenvalue weighted by Crippen LogP contribution is 2.53. The second-order valence-corrected chi connectivity index (χ2v) is 7.83. The van der Waals surface area contributed by atoms with Crippen LogP contribution in [0.4, 0.5) is 11.4 Å². The lowest BCUT2D eigenvalue weighted by Gasteiger charge is -2.17. The largest absolute Gasteiger partial charge is 0.322 e. The quantitative estimate of drug-likeness (QED) is 0.662. The molecule has 2 bridgehead atoms. The Bertz CT molecular complexity index is 994. The van der Waals surface area contributed by atoms with Gasteiger partial charge in [0.1, 0.15) is 0 Å². The number of carbonyl (C=O) groups is 3. The fraction of sp³-hybridized carbons (Fsp3) is 0.261. The highest BCUT2D eigenvalue weighted by molar-refractivity contribution is 6.23. The summed E-state index contributed by atoms with van der Waals surface area (Å²) in [4.78, 5) is 39.6. The van der Waals surface area contributed by atoms with Crippen LogP contribution in [-0.4, -0.2) is 17.7 Å². The van der Waals surface area contributed by atoms with Gasteiger partial charge in [-0.1, -0.05) is 30.4 Å². The van der Waals surface area contributed by atoms with E-state index in [0.717, 1.165) is 17.7 Å². The third kappa shape index (κ3) is 2.43. The summed E-state index contributed by atoms with van der Waals surface area (Å²) in [5.74, 6) is -0.490. The van der Waals surface area contributed by atoms with Crippen LogP contribution in [0.2, 0.25) is 0 Å². The lowest BCUT2D eigenvalue weighted by Crippen LogP contribution is -2.32. The fourth-order valence-corrected chi connectivity index (χ4v) is 4.83. The van der Waals surface area contributed by atoms with E-state index in [1.807, 2.05) is 31.2 Å². The average Bonchev–Trinajstić information content (AvgIpc) is 3.38. The number of benzene rings is 2. The standard InChI is InChI=1S/C23H20N2O3/c1-13-4-2-3-5-18(13)24-21(26)14-8-10-17(11-9-14)25-22(27)19-15-6-7-16(12-15)20(19)23(25)28/h2-11,15-16,19-20H,12H2,1H3,(H,24,26)/t15-,16+,19+,20-. The van der Waals surface area contributed by atoms with Gasteiger partial charge in [-0.3, -0.25) is 19.3 Å². The van der Waals surface area contributed by atoms with Gasteiger partial charge in [-0.15, -0.1) is 0 Å². The fourth-order valence-electron chi connectivity index (χ4n) is 4.83. The van der Waals surface area contributed by atoms with E-state index >= 15 is 0 Å². The number of hydrogen-bond acceptors (Lipinski definition) is 3. The summed E-state index contributed by atoms with van der Waals surface area (Å²) in [6.07, 6.45) is 5.08. The number of allylic oxidation sites excluding steroid dienone is 2. The number of nitrogens with zero attached hydrogens (tertiary/aromatic N) is 1. The summed E-state index contributed by atoms with van der Waals surface area (Å²) in [5, 5.41) is 2.89. The molecule has 1 aliphatic heterocycles. The maximum atomic E-state index is 12.9. The molecule has 140 valence electrons. The molecule has 0 spiro atoms. The Kier molecular flexibility index (Phi) is 3.72. The van der Waals surface area contributed by atoms with Crippen LogP contribution in [0.5, 0.6) is 0 Å². The molecule has 1 saturated carbocycles. The first-order valence-corrected chi connectivity index (χ1v) is 9.58. The van der Waals surface area contributed by atoms with Crippen molar-refractivity contribution in [3.63, 3.8) is 0 Å². The van der Waals surface area contributed by atoms with Crippen LogP contribution in [0.3, 0.4) is 0 Å². The first-order chi connectivity index (χ1) is 13.5. The normalized spacial score (nSPS) is 27.4. The van der Waals surface area contributed by atoms with Gasteiger partial charge < -0.3 is 5.32 Å². The van der Waals surface area contributed by atoms with Crippen molar-refractivity contribution < 1.29 is 14.4 Å². The molecule has 5 nitrogen and oxygen atoms in total. The Morgan fingerprint density at radius 1 is 0.929 bits per heavy atom. The van der Waals surface area contributed by atoms with E-state index in [9.17, 15) is 14.4 Å². The van der Waals surface area contributed by atoms with E-state index in [1.165, 1.54) is 4.90 Å². The topological polar surface area (TPSA) is 66.5 Å². The number of nitrogens with one attached hydrogen (secondary N) is 1. The van der Waals surface area contributed by atoms with Crippen molar-refractivity contribution in [3.05, 3.63) is 71.8 Å². The highest BCUT2D eigenvalue weighted by atomic mass is 16.2. The second-order valence-electron chi connectivity index (χ2n) is 7.83. The molecule has 1 N–H and O–H groups in total. The van der Waals surface area contributed by atoms with Gasteiger partial charge in [0.05, 0.1) is 17.5 Å². The molecule has 5 heteroatoms. The molecule has 3 aliphatic rings. The van der Waals surface area contributed by atoms with Gasteiger partial charge in [-0.25, -0.2) is 0 Å². The molecule has 2 fully saturated rings. The molecule has 0 radical (unpaired) electrons. The van der Waals surface area contributed by atoms with E-state index in [-0.39, 0.29) is 41.4 Å². The number of rotatable bonds is 3. The Balaban J connectivity index is 1.36. The van der Waals surface area contributed by atoms with Crippen molar-refractivity contribution in [1.29, 1.82) is 0 Å². The van der Waals surface area contributed by atoms with Gasteiger partial charge in [0, 0.05) is 11.3 Å². The van der Waals surface area contributed by atoms with Gasteiger partial charge in [0.2, 0.25) is 11.8 Å². The summed E-state index contributed by atoms with van der Waals surface area (Å²) >= 11 is 0. The van der Waals surface area contributed by atoms with Gasteiger partial charge >= 0.3 is 0 Å². The van der Waals surface area contributed by atoms with Gasteiger partial charge in [0.25, 0.3) is 5.91 Å². The molecule has 5 rings (SSSR count). The zero-order chi connectivity index (χ0) is 19.4. The van der Waals surface area contributed by atoms with E-state index < -0.39 is 0 Å². The molecule has 2 aromatic carbocycles. The van der Waals surface area contributed by atoms with Crippen LogP contribution in [0.1, 0.15) is 22.3 Å². The molecule has 0 unspecified atom stereocenters. The number of amides is 3. The number of imide groups is 1. The van der Waals surface area contributed by atoms with Crippen LogP contribution < -0.4 is 10.2 Å². The van der Waals surface area contributed by atoms with Crippen molar-refractivity contribution in [2.45, 2.75) is 13.3 Å². The van der Waals surface area contributed by atoms with E-state index in [0.29, 0.717) is 11.3 Å². The number of aryl methyl sites for hydroxylation is 1. The van der Waals surface area contributed by atoms with Crippen LogP contribution in [0.25, 0.3) is 0 Å². The van der Waals surface area contributed by atoms with Crippen molar-refractivity contribution in [3.8, 4) is 0 Å². The third-order valence-electron chi connectivity index (χ3n) is 6.25. The Morgan fingerprint density at radius 3 is 2.14 bits per heavy atom. The lowest BCUT2D eigenvalue weighted by molar-refractivity contribution is -0.123. The zero-order valence-corrected chi connectivity index (χ0v) is 15.5. The minimum atomic E-state index is -0.223. The molecule has 2 aromatic rings. The Labute approximate surface area is 163 Å². The van der Waals surface area contributed by atoms with E-state index in [4.69, 9.17) is 0 Å². The molecule has 0 aromatic heterocycles. The average molecular weight is 372 g/mol. The molecule has 2 aliphatic carbocycles. The number of anilines is 2. The van der Waals surface area contributed by atoms with Crippen molar-refractivity contribution in [2.24, 2.45) is 23.7 Å². The van der Waals surface area contributed by atoms with Crippen molar-refractivity contribution in [2.75, 3.05) is 10.2 Å². The lowest BCUT2D eigenvalue weighted by atomic mass is 9.85. The Morgan fingerprint density at radius 2 is 1.54 bits per heavy atom. The zero-order valence-electron chi connectivity index (χ0n) is 15.5. The number of fused-ring (bicyclic) bond motifs is 5. The Hall–Kier alpha value is -3.21. The second kappa shape index (κ2) is 6.16. The molecular weight excluding hydrogens is 352 g/mol. The van der Waals surface area contributed by atoms with Crippen LogP contribution >= 0.6 is 0 Å². The first kappa shape index (κ1) is 16.9. The minimum Gasteiger partial charge on any atom is -0.322 e. The van der Waals surface area contributed by atoms with Crippen LogP contribution in [0.15, 0.2) is 60.7 Å². The van der Waals surface area contributed by atoms with E-state index in [2.05, 4.69) is 17.5 Å². The molecule has 1 heterocycles. The van der Waals surface area contributed by atoms with Gasteiger partial charge in [-0.05, 0) is 61.1 Å². The third-order valence-corrected chi connectivity index (χ3v) is 6.25. The number of hydrogen-bond donors (Lipinski definition) is 1. The maximum absolute atomic E-state index is 12.9. The summed E-state index contributed by atoms with van der Waals surface area (Å²) in [6, 6.07) is 14.2. The highest BCUT2D eigenvalue weighted by Gasteiger charge is 2.59. The number of para-hydroxylation sites is 1. The summed E-state index contributed by atoms with van der Waals surface area (Å²) < 4.78 is 0.